The van der Waals surface area contributed by atoms with Crippen molar-refractivity contribution in [1.82, 2.24) is 9.29 Å². The third-order valence-electron chi connectivity index (χ3n) is 3.46. The smallest absolute Gasteiger partial charge is 0.438 e. The molecule has 2 amide bonds. The van der Waals surface area contributed by atoms with E-state index in [2.05, 4.69) is 24.5 Å². The van der Waals surface area contributed by atoms with Crippen molar-refractivity contribution in [1.29, 1.82) is 0 Å². The van der Waals surface area contributed by atoms with Crippen LogP contribution in [0.3, 0.4) is 0 Å². The van der Waals surface area contributed by atoms with Gasteiger partial charge in [0.2, 0.25) is 0 Å². The minimum atomic E-state index is -4.99. The van der Waals surface area contributed by atoms with Crippen molar-refractivity contribution < 1.29 is 41.7 Å². The molecule has 16 heteroatoms. The summed E-state index contributed by atoms with van der Waals surface area (Å²) in [6.45, 7) is -0.701. The Morgan fingerprint density at radius 2 is 2.18 bits per heavy atom. The highest BCUT2D eigenvalue weighted by Gasteiger charge is 2.58. The molecule has 3 N–H and O–H groups in total. The monoisotopic (exact) mass is 437 g/mol. The summed E-state index contributed by atoms with van der Waals surface area (Å²) < 4.78 is 41.3. The van der Waals surface area contributed by atoms with Crippen LogP contribution in [-0.4, -0.2) is 79.4 Å². The van der Waals surface area contributed by atoms with E-state index in [9.17, 15) is 27.4 Å². The summed E-state index contributed by atoms with van der Waals surface area (Å²) in [4.78, 5) is 45.2. The van der Waals surface area contributed by atoms with Gasteiger partial charge in [-0.3, -0.25) is 19.0 Å². The van der Waals surface area contributed by atoms with Gasteiger partial charge in [-0.25, -0.2) is 14.1 Å². The van der Waals surface area contributed by atoms with Crippen LogP contribution < -0.4 is 10.6 Å². The van der Waals surface area contributed by atoms with Crippen LogP contribution in [-0.2, 0) is 34.2 Å². The van der Waals surface area contributed by atoms with Gasteiger partial charge in [0.25, 0.3) is 11.8 Å². The highest BCUT2D eigenvalue weighted by molar-refractivity contribution is 7.84. The summed E-state index contributed by atoms with van der Waals surface area (Å²) in [7, 11) is -2.80. The molecule has 0 aromatic carbocycles. The topological polar surface area (TPSA) is 191 Å². The van der Waals surface area contributed by atoms with Crippen molar-refractivity contribution >= 4 is 56.8 Å². The maximum Gasteiger partial charge on any atom is 0.508 e. The van der Waals surface area contributed by atoms with Crippen molar-refractivity contribution in [2.45, 2.75) is 12.1 Å². The van der Waals surface area contributed by atoms with E-state index in [0.29, 0.717) is 0 Å². The van der Waals surface area contributed by atoms with E-state index in [0.717, 1.165) is 29.6 Å². The lowest BCUT2D eigenvalue weighted by molar-refractivity contribution is -0.144. The molecule has 0 unspecified atom stereocenters. The zero-order valence-corrected chi connectivity index (χ0v) is 16.0. The van der Waals surface area contributed by atoms with Crippen LogP contribution in [0, 0.1) is 0 Å². The third-order valence-corrected chi connectivity index (χ3v) is 5.07. The van der Waals surface area contributed by atoms with Gasteiger partial charge in [0.1, 0.15) is 37.8 Å². The number of hydrogen-bond acceptors (Lipinski definition) is 12. The molecule has 2 rings (SSSR count). The molecule has 0 bridgehead atoms. The molecule has 1 aromatic heterocycles. The second-order valence-corrected chi connectivity index (χ2v) is 7.24. The molecule has 0 aliphatic carbocycles. The van der Waals surface area contributed by atoms with Gasteiger partial charge in [-0.2, -0.15) is 8.42 Å². The minimum Gasteiger partial charge on any atom is -0.438 e. The Kier molecular flexibility index (Phi) is 6.37. The lowest BCUT2D eigenvalue weighted by Gasteiger charge is -2.47. The maximum absolute atomic E-state index is 12.5. The maximum atomic E-state index is 12.5. The Morgan fingerprint density at radius 3 is 2.68 bits per heavy atom. The van der Waals surface area contributed by atoms with E-state index in [1.54, 1.807) is 0 Å². The van der Waals surface area contributed by atoms with Gasteiger partial charge < -0.3 is 20.0 Å². The van der Waals surface area contributed by atoms with Gasteiger partial charge in [-0.1, -0.05) is 5.16 Å². The number of amides is 2. The molecular weight excluding hydrogens is 422 g/mol. The van der Waals surface area contributed by atoms with Gasteiger partial charge >= 0.3 is 16.5 Å². The van der Waals surface area contributed by atoms with Crippen LogP contribution >= 0.6 is 11.3 Å². The standard InChI is InChI=1S/C12H15N5O9S2/c1-24-12(20)26-4-6-9(10(19)17(6)28(21,22)23)16(8(18)3-14-25-2)7-5-27-11(13)15-7/h3,5-6,9H,4H2,1-2H3,(H2,13,15)(H,21,22,23)/t6-,9+/m1/s1. The average Bonchev–Trinajstić information content (AvgIpc) is 3.04. The summed E-state index contributed by atoms with van der Waals surface area (Å²) in [5.41, 5.74) is 5.55. The lowest BCUT2D eigenvalue weighted by atomic mass is 9.97. The SMILES string of the molecule is CON=CC(=O)N(c1csc(N)n1)[C@@H]1C(=O)N(S(=O)(=O)O)[C@@H]1COC(=O)OC. The number of rotatable bonds is 7. The first-order valence-electron chi connectivity index (χ1n) is 7.24. The Bertz CT molecular complexity index is 899. The molecule has 1 aromatic rings. The van der Waals surface area contributed by atoms with E-state index in [1.165, 1.54) is 12.5 Å². The number of oxime groups is 1. The van der Waals surface area contributed by atoms with Crippen molar-refractivity contribution in [3.05, 3.63) is 5.38 Å². The highest BCUT2D eigenvalue weighted by Crippen LogP contribution is 2.33. The highest BCUT2D eigenvalue weighted by atomic mass is 32.2. The van der Waals surface area contributed by atoms with Crippen LogP contribution in [0.4, 0.5) is 15.7 Å². The number of carbonyl (C=O) groups excluding carboxylic acids is 3. The second-order valence-electron chi connectivity index (χ2n) is 5.06. The second kappa shape index (κ2) is 8.36. The summed E-state index contributed by atoms with van der Waals surface area (Å²) >= 11 is 0.956. The quantitative estimate of drug-likeness (QED) is 0.172. The van der Waals surface area contributed by atoms with E-state index >= 15 is 0 Å². The Morgan fingerprint density at radius 1 is 1.50 bits per heavy atom. The predicted octanol–water partition coefficient (Wildman–Crippen LogP) is -1.14. The summed E-state index contributed by atoms with van der Waals surface area (Å²) in [6, 6.07) is -2.95. The van der Waals surface area contributed by atoms with Crippen LogP contribution in [0.2, 0.25) is 0 Å². The molecule has 1 aliphatic rings. The summed E-state index contributed by atoms with van der Waals surface area (Å²) in [5.74, 6) is -2.14. The Labute approximate surface area is 162 Å². The molecule has 14 nitrogen and oxygen atoms in total. The van der Waals surface area contributed by atoms with E-state index in [1.807, 2.05) is 0 Å². The number of nitrogens with zero attached hydrogens (tertiary/aromatic N) is 4. The third kappa shape index (κ3) is 4.29. The molecule has 28 heavy (non-hydrogen) atoms. The number of methoxy groups -OCH3 is 1. The van der Waals surface area contributed by atoms with Crippen molar-refractivity contribution in [2.75, 3.05) is 31.5 Å². The van der Waals surface area contributed by atoms with Crippen LogP contribution in [0.1, 0.15) is 0 Å². The zero-order valence-electron chi connectivity index (χ0n) is 14.4. The van der Waals surface area contributed by atoms with Crippen LogP contribution in [0.15, 0.2) is 10.5 Å². The number of hydrogen-bond donors (Lipinski definition) is 2. The number of ether oxygens (including phenoxy) is 2. The van der Waals surface area contributed by atoms with Crippen molar-refractivity contribution in [3.8, 4) is 0 Å². The fraction of sp³-hybridized carbons (Fsp3) is 0.417. The van der Waals surface area contributed by atoms with Crippen LogP contribution in [0.5, 0.6) is 0 Å². The number of carbonyl (C=O) groups is 3. The molecule has 1 aliphatic heterocycles. The first kappa shape index (κ1) is 21.3. The number of nitrogens with two attached hydrogens (primary N) is 1. The van der Waals surface area contributed by atoms with Crippen LogP contribution in [0.25, 0.3) is 0 Å². The average molecular weight is 437 g/mol. The molecule has 0 saturated carbocycles. The normalized spacial score (nSPS) is 19.2. The first-order chi connectivity index (χ1) is 13.1. The van der Waals surface area contributed by atoms with E-state index < -0.39 is 47.0 Å². The first-order valence-corrected chi connectivity index (χ1v) is 9.51. The molecule has 1 fully saturated rings. The molecule has 0 radical (unpaired) electrons. The van der Waals surface area contributed by atoms with Gasteiger partial charge in [0.05, 0.1) is 7.11 Å². The van der Waals surface area contributed by atoms with E-state index in [4.69, 9.17) is 5.73 Å². The molecule has 154 valence electrons. The number of nitrogen functional groups attached to an aromatic ring is 1. The van der Waals surface area contributed by atoms with Gasteiger partial charge in [-0.15, -0.1) is 11.3 Å². The minimum absolute atomic E-state index is 0.0669. The van der Waals surface area contributed by atoms with Gasteiger partial charge in [0, 0.05) is 5.38 Å². The number of thiazole rings is 1. The molecular formula is C12H15N5O9S2. The largest absolute Gasteiger partial charge is 0.508 e. The zero-order chi connectivity index (χ0) is 21.1. The molecule has 2 atom stereocenters. The fourth-order valence-electron chi connectivity index (χ4n) is 2.38. The Balaban J connectivity index is 2.43. The molecule has 0 spiro atoms. The molecule has 2 heterocycles. The molecule has 1 saturated heterocycles. The summed E-state index contributed by atoms with van der Waals surface area (Å²) in [6.07, 6.45) is -0.443. The number of aromatic nitrogens is 1. The number of anilines is 2. The van der Waals surface area contributed by atoms with Gasteiger partial charge in [-0.05, 0) is 0 Å². The lowest BCUT2D eigenvalue weighted by Crippen LogP contribution is -2.74. The predicted molar refractivity (Wildman–Crippen MR) is 93.8 cm³/mol. The fourth-order valence-corrected chi connectivity index (χ4v) is 3.78. The van der Waals surface area contributed by atoms with Gasteiger partial charge in [0.15, 0.2) is 5.13 Å². The van der Waals surface area contributed by atoms with Crippen molar-refractivity contribution in [3.63, 3.8) is 0 Å². The van der Waals surface area contributed by atoms with E-state index in [-0.39, 0.29) is 15.3 Å². The Hall–Kier alpha value is -2.98. The van der Waals surface area contributed by atoms with Crippen molar-refractivity contribution in [2.24, 2.45) is 5.16 Å². The summed E-state index contributed by atoms with van der Waals surface area (Å²) in [5, 5.41) is 4.71. The number of β-lactam (4-membered cyclic amide) rings is 1.